The van der Waals surface area contributed by atoms with Gasteiger partial charge in [-0.25, -0.2) is 10.3 Å². The second kappa shape index (κ2) is 9.79. The van der Waals surface area contributed by atoms with E-state index in [1.54, 1.807) is 54.7 Å². The van der Waals surface area contributed by atoms with Crippen molar-refractivity contribution in [1.29, 1.82) is 5.26 Å². The minimum Gasteiger partial charge on any atom is -0.274 e. The number of benzene rings is 4. The molecule has 0 saturated carbocycles. The zero-order chi connectivity index (χ0) is 29.0. The van der Waals surface area contributed by atoms with E-state index in [1.807, 2.05) is 48.5 Å². The van der Waals surface area contributed by atoms with Crippen molar-refractivity contribution >= 4 is 41.2 Å². The number of rotatable bonds is 5. The van der Waals surface area contributed by atoms with Crippen LogP contribution in [0.3, 0.4) is 0 Å². The molecule has 1 heterocycles. The highest BCUT2D eigenvalue weighted by atomic mass is 35.5. The number of imide groups is 1. The molecule has 4 aromatic carbocycles. The number of amides is 3. The minimum absolute atomic E-state index is 0.0962. The number of hydrazone groups is 1. The molecule has 0 aromatic heterocycles. The zero-order valence-electron chi connectivity index (χ0n) is 22.2. The molecule has 8 rings (SSSR count). The Labute approximate surface area is 247 Å². The molecule has 8 heteroatoms. The van der Waals surface area contributed by atoms with Crippen molar-refractivity contribution in [3.8, 4) is 6.07 Å². The topological polar surface area (TPSA) is 103 Å². The van der Waals surface area contributed by atoms with Crippen molar-refractivity contribution in [3.63, 3.8) is 0 Å². The van der Waals surface area contributed by atoms with Gasteiger partial charge in [0.15, 0.2) is 0 Å². The van der Waals surface area contributed by atoms with Gasteiger partial charge in [-0.2, -0.15) is 10.4 Å². The molecule has 7 nitrogen and oxygen atoms in total. The second-order valence-corrected chi connectivity index (χ2v) is 11.2. The summed E-state index contributed by atoms with van der Waals surface area (Å²) < 4.78 is 0. The molecule has 4 aromatic rings. The van der Waals surface area contributed by atoms with Gasteiger partial charge >= 0.3 is 0 Å². The molecule has 1 saturated heterocycles. The molecule has 1 N–H and O–H groups in total. The predicted molar refractivity (Wildman–Crippen MR) is 158 cm³/mol. The first-order chi connectivity index (χ1) is 20.5. The molecule has 1 aliphatic heterocycles. The van der Waals surface area contributed by atoms with E-state index in [4.69, 9.17) is 11.6 Å². The summed E-state index contributed by atoms with van der Waals surface area (Å²) in [5.74, 6) is -2.92. The molecule has 4 aliphatic rings. The Balaban J connectivity index is 1.36. The van der Waals surface area contributed by atoms with Gasteiger partial charge in [0.2, 0.25) is 17.7 Å². The van der Waals surface area contributed by atoms with Crippen molar-refractivity contribution in [1.82, 2.24) is 5.43 Å². The third-order valence-electron chi connectivity index (χ3n) is 8.68. The Hall–Kier alpha value is -5.06. The van der Waals surface area contributed by atoms with Crippen molar-refractivity contribution in [2.24, 2.45) is 16.9 Å². The number of hydrogen-bond donors (Lipinski definition) is 1. The fourth-order valence-corrected chi connectivity index (χ4v) is 7.21. The monoisotopic (exact) mass is 570 g/mol. The summed E-state index contributed by atoms with van der Waals surface area (Å²) in [6.45, 7) is 0. The number of nitrogens with zero attached hydrogens (tertiary/aromatic N) is 3. The van der Waals surface area contributed by atoms with Gasteiger partial charge in [-0.15, -0.1) is 0 Å². The lowest BCUT2D eigenvalue weighted by molar-refractivity contribution is -0.123. The summed E-state index contributed by atoms with van der Waals surface area (Å²) in [6, 6.07) is 31.4. The van der Waals surface area contributed by atoms with Gasteiger partial charge in [-0.3, -0.25) is 14.4 Å². The maximum Gasteiger partial charge on any atom is 0.244 e. The highest BCUT2D eigenvalue weighted by molar-refractivity contribution is 6.30. The van der Waals surface area contributed by atoms with Crippen molar-refractivity contribution in [2.45, 2.75) is 17.8 Å². The summed E-state index contributed by atoms with van der Waals surface area (Å²) >= 11 is 5.97. The first-order valence-electron chi connectivity index (χ1n) is 13.6. The number of nitriles is 1. The van der Waals surface area contributed by atoms with Crippen LogP contribution in [-0.4, -0.2) is 23.9 Å². The van der Waals surface area contributed by atoms with Crippen molar-refractivity contribution in [3.05, 3.63) is 135 Å². The molecule has 204 valence electrons. The summed E-state index contributed by atoms with van der Waals surface area (Å²) in [5.41, 5.74) is 6.48. The molecule has 0 spiro atoms. The van der Waals surface area contributed by atoms with Crippen LogP contribution in [0.25, 0.3) is 0 Å². The standard InChI is InChI=1S/C34H23ClN4O3/c35-22-15-13-20(14-16-22)17-28(40)38-37-19-34-25-10-4-2-8-23(25)29(24-9-3-5-11-26(24)34)30-31(34)33(42)39(32(30)41)27-12-6-1-7-21(27)18-36/h1-16,19,29-31H,17H2,(H,38,40)/b37-19-/t29?,30-,31-,34?/m0/s1. The first kappa shape index (κ1) is 25.9. The van der Waals surface area contributed by atoms with Gasteiger partial charge in [0, 0.05) is 17.2 Å². The van der Waals surface area contributed by atoms with Gasteiger partial charge < -0.3 is 0 Å². The lowest BCUT2D eigenvalue weighted by atomic mass is 9.47. The number of carbonyl (C=O) groups is 3. The van der Waals surface area contributed by atoms with E-state index in [9.17, 15) is 19.6 Å². The van der Waals surface area contributed by atoms with Crippen LogP contribution in [0.1, 0.15) is 39.3 Å². The van der Waals surface area contributed by atoms with Crippen LogP contribution >= 0.6 is 11.6 Å². The molecule has 42 heavy (non-hydrogen) atoms. The van der Waals surface area contributed by atoms with Crippen LogP contribution in [0.2, 0.25) is 5.02 Å². The number of carbonyl (C=O) groups excluding carboxylic acids is 3. The van der Waals surface area contributed by atoms with Crippen LogP contribution in [-0.2, 0) is 26.2 Å². The van der Waals surface area contributed by atoms with Crippen molar-refractivity contribution < 1.29 is 14.4 Å². The Morgan fingerprint density at radius 3 is 2.19 bits per heavy atom. The molecule has 2 bridgehead atoms. The minimum atomic E-state index is -1.12. The van der Waals surface area contributed by atoms with Crippen LogP contribution < -0.4 is 10.3 Å². The average Bonchev–Trinajstić information content (AvgIpc) is 3.28. The molecule has 1 fully saturated rings. The van der Waals surface area contributed by atoms with E-state index in [0.717, 1.165) is 27.8 Å². The van der Waals surface area contributed by atoms with Crippen LogP contribution in [0.4, 0.5) is 5.69 Å². The van der Waals surface area contributed by atoms with Crippen molar-refractivity contribution in [2.75, 3.05) is 4.90 Å². The summed E-state index contributed by atoms with van der Waals surface area (Å²) in [4.78, 5) is 42.7. The van der Waals surface area contributed by atoms with E-state index >= 15 is 0 Å². The maximum absolute atomic E-state index is 14.4. The lowest BCUT2D eigenvalue weighted by Crippen LogP contribution is -2.54. The molecular formula is C34H23ClN4O3. The van der Waals surface area contributed by atoms with Gasteiger partial charge in [-0.05, 0) is 52.1 Å². The Bertz CT molecular complexity index is 1810. The van der Waals surface area contributed by atoms with Gasteiger partial charge in [0.05, 0.1) is 34.9 Å². The Morgan fingerprint density at radius 1 is 0.905 bits per heavy atom. The zero-order valence-corrected chi connectivity index (χ0v) is 23.0. The number of hydrogen-bond acceptors (Lipinski definition) is 5. The third kappa shape index (κ3) is 3.65. The summed E-state index contributed by atoms with van der Waals surface area (Å²) in [6.07, 6.45) is 1.72. The van der Waals surface area contributed by atoms with Gasteiger partial charge in [-0.1, -0.05) is 84.4 Å². The van der Waals surface area contributed by atoms with Crippen LogP contribution in [0, 0.1) is 23.2 Å². The Morgan fingerprint density at radius 2 is 1.52 bits per heavy atom. The normalized spacial score (nSPS) is 23.3. The fraction of sp³-hybridized carbons (Fsp3) is 0.147. The van der Waals surface area contributed by atoms with E-state index in [0.29, 0.717) is 5.02 Å². The first-order valence-corrected chi connectivity index (χ1v) is 14.0. The quantitative estimate of drug-likeness (QED) is 0.205. The number of para-hydroxylation sites is 1. The number of anilines is 1. The fourth-order valence-electron chi connectivity index (χ4n) is 7.08. The second-order valence-electron chi connectivity index (χ2n) is 10.8. The van der Waals surface area contributed by atoms with Crippen LogP contribution in [0.15, 0.2) is 102 Å². The number of nitrogens with one attached hydrogen (secondary N) is 1. The lowest BCUT2D eigenvalue weighted by Gasteiger charge is -2.52. The highest BCUT2D eigenvalue weighted by Gasteiger charge is 2.68. The Kier molecular flexibility index (Phi) is 6.03. The molecule has 0 radical (unpaired) electrons. The third-order valence-corrected chi connectivity index (χ3v) is 8.94. The van der Waals surface area contributed by atoms with E-state index < -0.39 is 17.3 Å². The molecule has 3 aliphatic carbocycles. The van der Waals surface area contributed by atoms with Gasteiger partial charge in [0.1, 0.15) is 6.07 Å². The maximum atomic E-state index is 14.4. The molecular weight excluding hydrogens is 548 g/mol. The van der Waals surface area contributed by atoms with E-state index in [1.165, 1.54) is 4.90 Å². The summed E-state index contributed by atoms with van der Waals surface area (Å²) in [7, 11) is 0. The van der Waals surface area contributed by atoms with Crippen LogP contribution in [0.5, 0.6) is 0 Å². The molecule has 0 unspecified atom stereocenters. The smallest absolute Gasteiger partial charge is 0.244 e. The van der Waals surface area contributed by atoms with E-state index in [-0.39, 0.29) is 41.3 Å². The van der Waals surface area contributed by atoms with Gasteiger partial charge in [0.25, 0.3) is 0 Å². The molecule has 3 amide bonds. The number of halogens is 1. The largest absolute Gasteiger partial charge is 0.274 e. The SMILES string of the molecule is N#Cc1ccccc1N1C(=O)[C@@H]2[C@@H](C1=O)C1c3ccccc3C2(/C=N\NC(=O)Cc2ccc(Cl)cc2)c2ccccc21. The highest BCUT2D eigenvalue weighted by Crippen LogP contribution is 2.63. The van der Waals surface area contributed by atoms with E-state index in [2.05, 4.69) is 16.6 Å². The summed E-state index contributed by atoms with van der Waals surface area (Å²) in [5, 5.41) is 14.8. The average molecular weight is 571 g/mol. The molecule has 2 atom stereocenters. The predicted octanol–water partition coefficient (Wildman–Crippen LogP) is 5.11.